The highest BCUT2D eigenvalue weighted by Gasteiger charge is 2.55. The molecule has 1 aromatic carbocycles. The maximum Gasteiger partial charge on any atom is 0.347 e. The van der Waals surface area contributed by atoms with E-state index in [4.69, 9.17) is 0 Å². The van der Waals surface area contributed by atoms with E-state index in [9.17, 15) is 9.59 Å². The second-order valence-electron chi connectivity index (χ2n) is 11.2. The van der Waals surface area contributed by atoms with Gasteiger partial charge in [0.1, 0.15) is 5.82 Å². The van der Waals surface area contributed by atoms with Gasteiger partial charge in [-0.3, -0.25) is 4.79 Å². The number of nitrogens with one attached hydrogen (secondary N) is 1. The van der Waals surface area contributed by atoms with Gasteiger partial charge in [-0.1, -0.05) is 18.2 Å². The summed E-state index contributed by atoms with van der Waals surface area (Å²) in [6, 6.07) is 7.94. The lowest BCUT2D eigenvalue weighted by atomic mass is 9.49. The molecule has 5 aliphatic rings. The minimum atomic E-state index is -0.177. The maximum absolute atomic E-state index is 13.7. The number of H-pyrrole nitrogens is 1. The molecule has 32 heavy (non-hydrogen) atoms. The lowest BCUT2D eigenvalue weighted by Crippen LogP contribution is -2.55. The fourth-order valence-corrected chi connectivity index (χ4v) is 7.84. The molecule has 0 spiro atoms. The first kappa shape index (κ1) is 20.3. The zero-order valence-corrected chi connectivity index (χ0v) is 19.1. The highest BCUT2D eigenvalue weighted by Crippen LogP contribution is 2.60. The third-order valence-electron chi connectivity index (χ3n) is 8.96. The van der Waals surface area contributed by atoms with Crippen LogP contribution in [0.25, 0.3) is 5.69 Å². The monoisotopic (exact) mass is 434 g/mol. The summed E-state index contributed by atoms with van der Waals surface area (Å²) in [6.45, 7) is 3.72. The van der Waals surface area contributed by atoms with Crippen LogP contribution in [0.4, 0.5) is 0 Å². The Balaban J connectivity index is 1.13. The number of rotatable bonds is 4. The summed E-state index contributed by atoms with van der Waals surface area (Å²) in [4.78, 5) is 28.3. The minimum absolute atomic E-state index is 0.0326. The van der Waals surface area contributed by atoms with Crippen molar-refractivity contribution in [2.24, 2.45) is 29.1 Å². The summed E-state index contributed by atoms with van der Waals surface area (Å²) in [5, 5.41) is 7.00. The lowest BCUT2D eigenvalue weighted by molar-refractivity contribution is -0.159. The Bertz CT molecular complexity index is 1040. The number of nitrogens with zero attached hydrogens (tertiary/aromatic N) is 3. The fraction of sp³-hybridized carbons (Fsp3) is 0.654. The molecule has 0 radical (unpaired) electrons. The van der Waals surface area contributed by atoms with Crippen molar-refractivity contribution < 1.29 is 4.79 Å². The van der Waals surface area contributed by atoms with Gasteiger partial charge in [-0.15, -0.1) is 0 Å². The number of amides is 1. The van der Waals surface area contributed by atoms with Gasteiger partial charge in [0.15, 0.2) is 0 Å². The van der Waals surface area contributed by atoms with Crippen molar-refractivity contribution >= 4 is 5.91 Å². The molecule has 1 amide bonds. The van der Waals surface area contributed by atoms with Crippen LogP contribution in [0.2, 0.25) is 0 Å². The van der Waals surface area contributed by atoms with E-state index in [1.165, 1.54) is 19.3 Å². The van der Waals surface area contributed by atoms with Crippen LogP contribution in [0, 0.1) is 36.0 Å². The Labute approximate surface area is 189 Å². The molecule has 1 aliphatic heterocycles. The van der Waals surface area contributed by atoms with Gasteiger partial charge < -0.3 is 4.90 Å². The van der Waals surface area contributed by atoms with Crippen molar-refractivity contribution in [3.8, 4) is 5.69 Å². The van der Waals surface area contributed by atoms with Gasteiger partial charge in [0, 0.05) is 19.5 Å². The number of piperidine rings is 1. The first-order chi connectivity index (χ1) is 15.5. The first-order valence-electron chi connectivity index (χ1n) is 12.5. The topological polar surface area (TPSA) is 71.0 Å². The predicted octanol–water partition coefficient (Wildman–Crippen LogP) is 3.87. The molecule has 2 aromatic rings. The molecule has 0 atom stereocenters. The maximum atomic E-state index is 13.7. The Morgan fingerprint density at radius 1 is 1.06 bits per heavy atom. The summed E-state index contributed by atoms with van der Waals surface area (Å²) in [5.41, 5.74) is 1.75. The Hall–Kier alpha value is -2.37. The van der Waals surface area contributed by atoms with Crippen molar-refractivity contribution in [1.82, 2.24) is 19.7 Å². The summed E-state index contributed by atoms with van der Waals surface area (Å²) in [5.74, 6) is 4.14. The summed E-state index contributed by atoms with van der Waals surface area (Å²) in [6.07, 6.45) is 10.3. The quantitative estimate of drug-likeness (QED) is 0.794. The number of aromatic nitrogens is 3. The van der Waals surface area contributed by atoms with E-state index in [0.717, 1.165) is 86.4 Å². The Kier molecular flexibility index (Phi) is 4.81. The molecule has 6 nitrogen and oxygen atoms in total. The standard InChI is InChI=1S/C26H34N4O2/c1-17-4-2-3-5-22(17)30-23(27-28-25(30)32)13-18-6-8-29(9-7-18)24(31)26-14-19-10-20(15-26)12-21(11-19)16-26/h2-5,18-21H,6-16H2,1H3,(H,28,32). The average molecular weight is 435 g/mol. The van der Waals surface area contributed by atoms with Crippen molar-refractivity contribution in [2.45, 2.75) is 64.7 Å². The molecule has 7 rings (SSSR count). The molecule has 1 saturated heterocycles. The smallest absolute Gasteiger partial charge is 0.342 e. The highest BCUT2D eigenvalue weighted by atomic mass is 16.2. The van der Waals surface area contributed by atoms with Gasteiger partial charge >= 0.3 is 5.69 Å². The predicted molar refractivity (Wildman–Crippen MR) is 123 cm³/mol. The first-order valence-corrected chi connectivity index (χ1v) is 12.5. The van der Waals surface area contributed by atoms with E-state index in [0.29, 0.717) is 11.8 Å². The zero-order valence-electron chi connectivity index (χ0n) is 19.1. The van der Waals surface area contributed by atoms with E-state index in [1.807, 2.05) is 31.2 Å². The van der Waals surface area contributed by atoms with Crippen LogP contribution < -0.4 is 5.69 Å². The van der Waals surface area contributed by atoms with Crippen LogP contribution in [-0.2, 0) is 11.2 Å². The van der Waals surface area contributed by atoms with Gasteiger partial charge in [-0.05, 0) is 93.6 Å². The number of hydrogen-bond donors (Lipinski definition) is 1. The van der Waals surface area contributed by atoms with Crippen LogP contribution in [-0.4, -0.2) is 38.7 Å². The molecule has 1 aromatic heterocycles. The molecular formula is C26H34N4O2. The van der Waals surface area contributed by atoms with Gasteiger partial charge in [-0.2, -0.15) is 5.10 Å². The number of carbonyl (C=O) groups is 1. The van der Waals surface area contributed by atoms with Gasteiger partial charge in [-0.25, -0.2) is 14.5 Å². The molecule has 170 valence electrons. The summed E-state index contributed by atoms with van der Waals surface area (Å²) < 4.78 is 1.72. The van der Waals surface area contributed by atoms with Crippen molar-refractivity contribution in [3.05, 3.63) is 46.1 Å². The van der Waals surface area contributed by atoms with E-state index in [1.54, 1.807) is 4.57 Å². The number of likely N-dealkylation sites (tertiary alicyclic amines) is 1. The SMILES string of the molecule is Cc1ccccc1-n1c(CC2CCN(C(=O)C34CC5CC(CC(C5)C3)C4)CC2)n[nH]c1=O. The fourth-order valence-electron chi connectivity index (χ4n) is 7.84. The van der Waals surface area contributed by atoms with Crippen LogP contribution in [0.15, 0.2) is 29.1 Å². The normalized spacial score (nSPS) is 31.9. The molecule has 0 unspecified atom stereocenters. The molecule has 2 heterocycles. The number of aryl methyl sites for hydroxylation is 1. The van der Waals surface area contributed by atoms with E-state index < -0.39 is 0 Å². The molecule has 4 saturated carbocycles. The molecule has 6 heteroatoms. The van der Waals surface area contributed by atoms with E-state index in [-0.39, 0.29) is 11.1 Å². The number of para-hydroxylation sites is 1. The molecule has 4 aliphatic carbocycles. The number of hydrogen-bond acceptors (Lipinski definition) is 3. The third-order valence-corrected chi connectivity index (χ3v) is 8.96. The Morgan fingerprint density at radius 3 is 2.31 bits per heavy atom. The molecule has 4 bridgehead atoms. The van der Waals surface area contributed by atoms with Crippen LogP contribution in [0.5, 0.6) is 0 Å². The molecule has 1 N–H and O–H groups in total. The number of benzene rings is 1. The highest BCUT2D eigenvalue weighted by molar-refractivity contribution is 5.83. The van der Waals surface area contributed by atoms with Gasteiger partial charge in [0.05, 0.1) is 11.1 Å². The Morgan fingerprint density at radius 2 is 1.69 bits per heavy atom. The second kappa shape index (κ2) is 7.60. The largest absolute Gasteiger partial charge is 0.347 e. The van der Waals surface area contributed by atoms with Gasteiger partial charge in [0.25, 0.3) is 0 Å². The van der Waals surface area contributed by atoms with E-state index in [2.05, 4.69) is 15.1 Å². The zero-order chi connectivity index (χ0) is 21.9. The van der Waals surface area contributed by atoms with E-state index >= 15 is 0 Å². The molecule has 5 fully saturated rings. The summed E-state index contributed by atoms with van der Waals surface area (Å²) in [7, 11) is 0. The van der Waals surface area contributed by atoms with Gasteiger partial charge in [0.2, 0.25) is 5.91 Å². The second-order valence-corrected chi connectivity index (χ2v) is 11.2. The third kappa shape index (κ3) is 3.34. The van der Waals surface area contributed by atoms with Crippen LogP contribution in [0.1, 0.15) is 62.8 Å². The molecular weight excluding hydrogens is 400 g/mol. The average Bonchev–Trinajstić information content (AvgIpc) is 3.13. The lowest BCUT2D eigenvalue weighted by Gasteiger charge is -2.57. The number of carbonyl (C=O) groups excluding carboxylic acids is 1. The van der Waals surface area contributed by atoms with Crippen LogP contribution in [0.3, 0.4) is 0 Å². The van der Waals surface area contributed by atoms with Crippen LogP contribution >= 0.6 is 0 Å². The van der Waals surface area contributed by atoms with Crippen molar-refractivity contribution in [2.75, 3.05) is 13.1 Å². The minimum Gasteiger partial charge on any atom is -0.342 e. The van der Waals surface area contributed by atoms with Crippen molar-refractivity contribution in [1.29, 1.82) is 0 Å². The number of aromatic amines is 1. The summed E-state index contributed by atoms with van der Waals surface area (Å²) >= 11 is 0. The van der Waals surface area contributed by atoms with Crippen molar-refractivity contribution in [3.63, 3.8) is 0 Å².